The van der Waals surface area contributed by atoms with Gasteiger partial charge in [-0.05, 0) is 36.4 Å². The molecule has 6 heteroatoms. The van der Waals surface area contributed by atoms with Gasteiger partial charge in [-0.25, -0.2) is 9.37 Å². The van der Waals surface area contributed by atoms with E-state index in [1.807, 2.05) is 30.3 Å². The predicted molar refractivity (Wildman–Crippen MR) is 92.2 cm³/mol. The van der Waals surface area contributed by atoms with Crippen molar-refractivity contribution in [3.63, 3.8) is 0 Å². The number of nitrogens with two attached hydrogens (primary N) is 1. The summed E-state index contributed by atoms with van der Waals surface area (Å²) in [6, 6.07) is 15.6. The van der Waals surface area contributed by atoms with Crippen molar-refractivity contribution in [2.24, 2.45) is 10.7 Å². The standard InChI is InChI=1S/C18H17FN4O/c19-14-8-6-13(7-9-14)17-22-16(12-24-17)10-11-21-18(20)23-15-4-2-1-3-5-15/h1-9,12H,10-11H2,(H3,20,21,23). The fourth-order valence-electron chi connectivity index (χ4n) is 2.15. The lowest BCUT2D eigenvalue weighted by Gasteiger charge is -2.04. The van der Waals surface area contributed by atoms with Crippen LogP contribution >= 0.6 is 0 Å². The molecule has 1 aromatic heterocycles. The number of nitrogens with zero attached hydrogens (tertiary/aromatic N) is 2. The molecule has 0 unspecified atom stereocenters. The van der Waals surface area contributed by atoms with Crippen LogP contribution in [0.3, 0.4) is 0 Å². The first-order valence-electron chi connectivity index (χ1n) is 7.53. The highest BCUT2D eigenvalue weighted by atomic mass is 19.1. The Morgan fingerprint density at radius 3 is 2.62 bits per heavy atom. The Labute approximate surface area is 139 Å². The highest BCUT2D eigenvalue weighted by molar-refractivity contribution is 5.92. The van der Waals surface area contributed by atoms with Crippen LogP contribution < -0.4 is 11.1 Å². The largest absolute Gasteiger partial charge is 0.444 e. The number of aliphatic imine (C=N–C) groups is 1. The number of oxazole rings is 1. The van der Waals surface area contributed by atoms with Crippen LogP contribution in [0.4, 0.5) is 10.1 Å². The number of aromatic nitrogens is 1. The summed E-state index contributed by atoms with van der Waals surface area (Å²) in [7, 11) is 0. The molecule has 1 heterocycles. The van der Waals surface area contributed by atoms with E-state index < -0.39 is 0 Å². The summed E-state index contributed by atoms with van der Waals surface area (Å²) in [5.41, 5.74) is 8.23. The quantitative estimate of drug-likeness (QED) is 0.557. The van der Waals surface area contributed by atoms with E-state index in [9.17, 15) is 4.39 Å². The maximum atomic E-state index is 12.9. The van der Waals surface area contributed by atoms with Crippen LogP contribution in [0, 0.1) is 5.82 Å². The first-order chi connectivity index (χ1) is 11.7. The molecule has 0 bridgehead atoms. The Hall–Kier alpha value is -3.15. The minimum Gasteiger partial charge on any atom is -0.444 e. The van der Waals surface area contributed by atoms with Gasteiger partial charge in [-0.15, -0.1) is 0 Å². The molecule has 0 fully saturated rings. The molecule has 5 nitrogen and oxygen atoms in total. The SMILES string of the molecule is NC(=NCCc1coc(-c2ccc(F)cc2)n1)Nc1ccccc1. The first-order valence-corrected chi connectivity index (χ1v) is 7.53. The van der Waals surface area contributed by atoms with Gasteiger partial charge in [-0.1, -0.05) is 18.2 Å². The van der Waals surface area contributed by atoms with Crippen molar-refractivity contribution in [1.29, 1.82) is 0 Å². The smallest absolute Gasteiger partial charge is 0.226 e. The minimum absolute atomic E-state index is 0.291. The van der Waals surface area contributed by atoms with Crippen LogP contribution in [0.2, 0.25) is 0 Å². The Morgan fingerprint density at radius 1 is 1.12 bits per heavy atom. The monoisotopic (exact) mass is 324 g/mol. The second kappa shape index (κ2) is 7.41. The van der Waals surface area contributed by atoms with Gasteiger partial charge < -0.3 is 15.5 Å². The topological polar surface area (TPSA) is 76.4 Å². The van der Waals surface area contributed by atoms with Gasteiger partial charge in [-0.2, -0.15) is 0 Å². The number of guanidine groups is 1. The number of nitrogens with one attached hydrogen (secondary N) is 1. The van der Waals surface area contributed by atoms with Crippen LogP contribution in [0.25, 0.3) is 11.5 Å². The van der Waals surface area contributed by atoms with Crippen molar-refractivity contribution < 1.29 is 8.81 Å². The van der Waals surface area contributed by atoms with E-state index in [-0.39, 0.29) is 5.82 Å². The molecule has 0 aliphatic carbocycles. The molecule has 2 aromatic carbocycles. The van der Waals surface area contributed by atoms with Crippen LogP contribution in [-0.2, 0) is 6.42 Å². The van der Waals surface area contributed by atoms with E-state index in [0.29, 0.717) is 24.8 Å². The highest BCUT2D eigenvalue weighted by Crippen LogP contribution is 2.19. The third-order valence-electron chi connectivity index (χ3n) is 3.34. The third-order valence-corrected chi connectivity index (χ3v) is 3.34. The van der Waals surface area contributed by atoms with E-state index in [0.717, 1.165) is 16.9 Å². The van der Waals surface area contributed by atoms with E-state index in [1.54, 1.807) is 18.4 Å². The van der Waals surface area contributed by atoms with Gasteiger partial charge in [0.25, 0.3) is 0 Å². The van der Waals surface area contributed by atoms with Crippen LogP contribution in [0.1, 0.15) is 5.69 Å². The summed E-state index contributed by atoms with van der Waals surface area (Å²) in [4.78, 5) is 8.63. The third kappa shape index (κ3) is 4.19. The second-order valence-corrected chi connectivity index (χ2v) is 5.16. The minimum atomic E-state index is -0.291. The van der Waals surface area contributed by atoms with Crippen molar-refractivity contribution >= 4 is 11.6 Å². The van der Waals surface area contributed by atoms with Gasteiger partial charge in [0.15, 0.2) is 5.96 Å². The molecule has 0 spiro atoms. The fraction of sp³-hybridized carbons (Fsp3) is 0.111. The van der Waals surface area contributed by atoms with E-state index >= 15 is 0 Å². The normalized spacial score (nSPS) is 11.5. The van der Waals surface area contributed by atoms with E-state index in [1.165, 1.54) is 12.1 Å². The lowest BCUT2D eigenvalue weighted by molar-refractivity contribution is 0.572. The van der Waals surface area contributed by atoms with Crippen LogP contribution in [-0.4, -0.2) is 17.5 Å². The van der Waals surface area contributed by atoms with Crippen molar-refractivity contribution in [2.75, 3.05) is 11.9 Å². The van der Waals surface area contributed by atoms with Crippen LogP contribution in [0.15, 0.2) is 70.3 Å². The molecular weight excluding hydrogens is 307 g/mol. The van der Waals surface area contributed by atoms with Crippen molar-refractivity contribution in [1.82, 2.24) is 4.98 Å². The van der Waals surface area contributed by atoms with Crippen molar-refractivity contribution in [2.45, 2.75) is 6.42 Å². The van der Waals surface area contributed by atoms with Gasteiger partial charge in [0.05, 0.1) is 5.69 Å². The molecule has 0 atom stereocenters. The van der Waals surface area contributed by atoms with Gasteiger partial charge in [0.2, 0.25) is 5.89 Å². The summed E-state index contributed by atoms with van der Waals surface area (Å²) in [6.07, 6.45) is 2.18. The van der Waals surface area contributed by atoms with Crippen LogP contribution in [0.5, 0.6) is 0 Å². The molecule has 3 rings (SSSR count). The molecule has 0 amide bonds. The lowest BCUT2D eigenvalue weighted by atomic mass is 10.2. The predicted octanol–water partition coefficient (Wildman–Crippen LogP) is 3.45. The molecule has 0 aliphatic rings. The fourth-order valence-corrected chi connectivity index (χ4v) is 2.15. The molecule has 24 heavy (non-hydrogen) atoms. The molecule has 0 saturated carbocycles. The Morgan fingerprint density at radius 2 is 1.88 bits per heavy atom. The number of anilines is 1. The molecule has 3 N–H and O–H groups in total. The molecule has 0 radical (unpaired) electrons. The summed E-state index contributed by atoms with van der Waals surface area (Å²) >= 11 is 0. The summed E-state index contributed by atoms with van der Waals surface area (Å²) < 4.78 is 18.3. The molecule has 3 aromatic rings. The van der Waals surface area contributed by atoms with Crippen molar-refractivity contribution in [3.8, 4) is 11.5 Å². The highest BCUT2D eigenvalue weighted by Gasteiger charge is 2.06. The number of hydrogen-bond donors (Lipinski definition) is 2. The maximum absolute atomic E-state index is 12.9. The number of hydrogen-bond acceptors (Lipinski definition) is 3. The average molecular weight is 324 g/mol. The average Bonchev–Trinajstić information content (AvgIpc) is 3.05. The van der Waals surface area contributed by atoms with Gasteiger partial charge in [0.1, 0.15) is 12.1 Å². The number of benzene rings is 2. The number of rotatable bonds is 5. The van der Waals surface area contributed by atoms with Gasteiger partial charge in [-0.3, -0.25) is 4.99 Å². The Balaban J connectivity index is 1.55. The second-order valence-electron chi connectivity index (χ2n) is 5.16. The van der Waals surface area contributed by atoms with Crippen molar-refractivity contribution in [3.05, 3.63) is 72.4 Å². The molecule has 122 valence electrons. The zero-order valence-corrected chi connectivity index (χ0v) is 12.9. The maximum Gasteiger partial charge on any atom is 0.226 e. The number of halogens is 1. The van der Waals surface area contributed by atoms with Gasteiger partial charge >= 0.3 is 0 Å². The number of para-hydroxylation sites is 1. The zero-order valence-electron chi connectivity index (χ0n) is 12.9. The molecule has 0 aliphatic heterocycles. The Bertz CT molecular complexity index is 813. The first kappa shape index (κ1) is 15.7. The van der Waals surface area contributed by atoms with E-state index in [4.69, 9.17) is 10.2 Å². The molecular formula is C18H17FN4O. The van der Waals surface area contributed by atoms with E-state index in [2.05, 4.69) is 15.3 Å². The lowest BCUT2D eigenvalue weighted by Crippen LogP contribution is -2.23. The zero-order chi connectivity index (χ0) is 16.8. The summed E-state index contributed by atoms with van der Waals surface area (Å²) in [5.74, 6) is 0.522. The Kier molecular flexibility index (Phi) is 4.86. The molecule has 0 saturated heterocycles. The summed E-state index contributed by atoms with van der Waals surface area (Å²) in [6.45, 7) is 0.487. The summed E-state index contributed by atoms with van der Waals surface area (Å²) in [5, 5.41) is 3.01. The van der Waals surface area contributed by atoms with Gasteiger partial charge in [0, 0.05) is 24.2 Å².